The zero-order chi connectivity index (χ0) is 6.97. The van der Waals surface area contributed by atoms with E-state index in [1.165, 1.54) is 6.20 Å². The average molecular weight is 136 g/mol. The highest BCUT2D eigenvalue weighted by Crippen LogP contribution is 2.07. The first-order chi connectivity index (χ1) is 4.86. The molecule has 50 valence electrons. The molecule has 2 aromatic heterocycles. The zero-order valence-corrected chi connectivity index (χ0v) is 5.27. The van der Waals surface area contributed by atoms with Crippen LogP contribution in [-0.4, -0.2) is 20.4 Å². The first-order valence-corrected chi connectivity index (χ1v) is 2.78. The number of aryl methyl sites for hydroxylation is 1. The van der Waals surface area contributed by atoms with Gasteiger partial charge in [0.2, 0.25) is 5.65 Å². The van der Waals surface area contributed by atoms with Crippen LogP contribution in [0.2, 0.25) is 0 Å². The molecule has 0 amide bonds. The summed E-state index contributed by atoms with van der Waals surface area (Å²) in [5, 5.41) is 10.6. The molecule has 0 aliphatic rings. The van der Waals surface area contributed by atoms with Gasteiger partial charge in [0, 0.05) is 6.92 Å². The highest BCUT2D eigenvalue weighted by Gasteiger charge is 2.00. The minimum Gasteiger partial charge on any atom is -0.437 e. The molecule has 0 aliphatic heterocycles. The third-order valence-electron chi connectivity index (χ3n) is 1.11. The number of rotatable bonds is 0. The lowest BCUT2D eigenvalue weighted by atomic mass is 10.6. The third-order valence-corrected chi connectivity index (χ3v) is 1.11. The lowest BCUT2D eigenvalue weighted by Crippen LogP contribution is -1.84. The van der Waals surface area contributed by atoms with Crippen LogP contribution in [0.4, 0.5) is 0 Å². The average Bonchev–Trinajstić information content (AvgIpc) is 2.27. The molecule has 2 aromatic rings. The Hall–Kier alpha value is -1.52. The van der Waals surface area contributed by atoms with Crippen molar-refractivity contribution in [1.29, 1.82) is 0 Å². The van der Waals surface area contributed by atoms with Crippen molar-refractivity contribution in [2.45, 2.75) is 6.92 Å². The molecule has 0 aliphatic carbocycles. The van der Waals surface area contributed by atoms with Crippen LogP contribution in [0.1, 0.15) is 5.89 Å². The Morgan fingerprint density at radius 1 is 1.50 bits per heavy atom. The Balaban J connectivity index is 2.88. The molecular formula is C5H4N4O. The summed E-state index contributed by atoms with van der Waals surface area (Å²) in [6.07, 6.45) is 1.49. The molecule has 0 unspecified atom stereocenters. The van der Waals surface area contributed by atoms with E-state index in [1.54, 1.807) is 6.92 Å². The standard InChI is InChI=1S/C5H4N4O/c1-3-7-5-4(10-3)2-6-9-8-5/h2H,1H3. The van der Waals surface area contributed by atoms with Crippen LogP contribution in [-0.2, 0) is 0 Å². The van der Waals surface area contributed by atoms with Gasteiger partial charge in [0.05, 0.1) is 6.20 Å². The summed E-state index contributed by atoms with van der Waals surface area (Å²) in [5.41, 5.74) is 1.08. The highest BCUT2D eigenvalue weighted by atomic mass is 16.3. The summed E-state index contributed by atoms with van der Waals surface area (Å²) in [6, 6.07) is 0. The van der Waals surface area contributed by atoms with Gasteiger partial charge in [-0.3, -0.25) is 0 Å². The van der Waals surface area contributed by atoms with E-state index in [4.69, 9.17) is 4.42 Å². The van der Waals surface area contributed by atoms with E-state index in [-0.39, 0.29) is 0 Å². The Kier molecular flexibility index (Phi) is 0.913. The number of oxazole rings is 1. The number of fused-ring (bicyclic) bond motifs is 1. The molecule has 5 heteroatoms. The Morgan fingerprint density at radius 3 is 3.20 bits per heavy atom. The van der Waals surface area contributed by atoms with Crippen LogP contribution in [0.25, 0.3) is 11.2 Å². The minimum absolute atomic E-state index is 0.507. The van der Waals surface area contributed by atoms with Crippen LogP contribution in [0.5, 0.6) is 0 Å². The first kappa shape index (κ1) is 5.28. The molecule has 0 radical (unpaired) electrons. The first-order valence-electron chi connectivity index (χ1n) is 2.78. The second-order valence-corrected chi connectivity index (χ2v) is 1.85. The maximum atomic E-state index is 5.09. The summed E-state index contributed by atoms with van der Waals surface area (Å²) in [5.74, 6) is 0.581. The van der Waals surface area contributed by atoms with Crippen LogP contribution in [0.3, 0.4) is 0 Å². The predicted molar refractivity (Wildman–Crippen MR) is 32.1 cm³/mol. The van der Waals surface area contributed by atoms with Gasteiger partial charge in [-0.2, -0.15) is 4.98 Å². The molecule has 0 saturated heterocycles. The molecule has 0 aromatic carbocycles. The maximum absolute atomic E-state index is 5.09. The van der Waals surface area contributed by atoms with Crippen LogP contribution in [0.15, 0.2) is 10.6 Å². The van der Waals surface area contributed by atoms with E-state index >= 15 is 0 Å². The molecular weight excluding hydrogens is 132 g/mol. The van der Waals surface area contributed by atoms with Crippen LogP contribution < -0.4 is 0 Å². The molecule has 2 rings (SSSR count). The zero-order valence-electron chi connectivity index (χ0n) is 5.27. The molecule has 0 spiro atoms. The molecule has 2 heterocycles. The molecule has 0 atom stereocenters. The molecule has 0 bridgehead atoms. The number of aromatic nitrogens is 4. The van der Waals surface area contributed by atoms with Gasteiger partial charge in [0.25, 0.3) is 0 Å². The van der Waals surface area contributed by atoms with Crippen molar-refractivity contribution in [2.75, 3.05) is 0 Å². The van der Waals surface area contributed by atoms with Crippen molar-refractivity contribution in [1.82, 2.24) is 20.4 Å². The van der Waals surface area contributed by atoms with Gasteiger partial charge < -0.3 is 4.42 Å². The van der Waals surface area contributed by atoms with E-state index < -0.39 is 0 Å². The molecule has 10 heavy (non-hydrogen) atoms. The summed E-state index contributed by atoms with van der Waals surface area (Å²) in [6.45, 7) is 1.75. The molecule has 0 fully saturated rings. The van der Waals surface area contributed by atoms with Gasteiger partial charge in [-0.05, 0) is 5.21 Å². The fraction of sp³-hybridized carbons (Fsp3) is 0.200. The molecule has 0 N–H and O–H groups in total. The van der Waals surface area contributed by atoms with Crippen molar-refractivity contribution in [2.24, 2.45) is 0 Å². The largest absolute Gasteiger partial charge is 0.437 e. The van der Waals surface area contributed by atoms with Crippen molar-refractivity contribution >= 4 is 11.2 Å². The Morgan fingerprint density at radius 2 is 2.40 bits per heavy atom. The van der Waals surface area contributed by atoms with E-state index in [2.05, 4.69) is 20.4 Å². The SMILES string of the molecule is Cc1nc2nnncc2o1. The van der Waals surface area contributed by atoms with Crippen LogP contribution in [0, 0.1) is 6.92 Å². The van der Waals surface area contributed by atoms with E-state index in [1.807, 2.05) is 0 Å². The second-order valence-electron chi connectivity index (χ2n) is 1.85. The topological polar surface area (TPSA) is 64.7 Å². The number of hydrogen-bond donors (Lipinski definition) is 0. The maximum Gasteiger partial charge on any atom is 0.224 e. The molecule has 5 nitrogen and oxygen atoms in total. The van der Waals surface area contributed by atoms with E-state index in [9.17, 15) is 0 Å². The monoisotopic (exact) mass is 136 g/mol. The summed E-state index contributed by atoms with van der Waals surface area (Å²) < 4.78 is 5.09. The van der Waals surface area contributed by atoms with Gasteiger partial charge in [0.1, 0.15) is 0 Å². The van der Waals surface area contributed by atoms with Crippen molar-refractivity contribution in [3.8, 4) is 0 Å². The lowest BCUT2D eigenvalue weighted by molar-refractivity contribution is 0.559. The Bertz CT molecular complexity index is 322. The van der Waals surface area contributed by atoms with Crippen LogP contribution >= 0.6 is 0 Å². The van der Waals surface area contributed by atoms with Crippen molar-refractivity contribution < 1.29 is 4.42 Å². The minimum atomic E-state index is 0.507. The van der Waals surface area contributed by atoms with Gasteiger partial charge in [0.15, 0.2) is 11.5 Å². The smallest absolute Gasteiger partial charge is 0.224 e. The van der Waals surface area contributed by atoms with Gasteiger partial charge in [-0.15, -0.1) is 10.2 Å². The van der Waals surface area contributed by atoms with Gasteiger partial charge in [-0.1, -0.05) is 0 Å². The number of nitrogens with zero attached hydrogens (tertiary/aromatic N) is 4. The van der Waals surface area contributed by atoms with E-state index in [0.717, 1.165) is 0 Å². The summed E-state index contributed by atoms with van der Waals surface area (Å²) in [7, 11) is 0. The fourth-order valence-corrected chi connectivity index (χ4v) is 0.734. The third kappa shape index (κ3) is 0.637. The number of hydrogen-bond acceptors (Lipinski definition) is 5. The molecule has 0 saturated carbocycles. The Labute approximate surface area is 56.1 Å². The lowest BCUT2D eigenvalue weighted by Gasteiger charge is -1.76. The fourth-order valence-electron chi connectivity index (χ4n) is 0.734. The highest BCUT2D eigenvalue weighted by molar-refractivity contribution is 5.64. The van der Waals surface area contributed by atoms with Crippen molar-refractivity contribution in [3.05, 3.63) is 12.1 Å². The normalized spacial score (nSPS) is 10.5. The predicted octanol–water partition coefficient (Wildman–Crippen LogP) is 0.321. The summed E-state index contributed by atoms with van der Waals surface area (Å²) in [4.78, 5) is 3.93. The van der Waals surface area contributed by atoms with E-state index in [0.29, 0.717) is 17.1 Å². The van der Waals surface area contributed by atoms with Gasteiger partial charge in [-0.25, -0.2) is 0 Å². The van der Waals surface area contributed by atoms with Crippen molar-refractivity contribution in [3.63, 3.8) is 0 Å². The van der Waals surface area contributed by atoms with Gasteiger partial charge >= 0.3 is 0 Å². The second kappa shape index (κ2) is 1.73. The summed E-state index contributed by atoms with van der Waals surface area (Å²) >= 11 is 0. The quantitative estimate of drug-likeness (QED) is 0.521.